The van der Waals surface area contributed by atoms with Gasteiger partial charge in [-0.2, -0.15) is 0 Å². The minimum absolute atomic E-state index is 0.0443. The highest BCUT2D eigenvalue weighted by Crippen LogP contribution is 2.24. The Balaban J connectivity index is 2.40. The molecule has 0 saturated heterocycles. The van der Waals surface area contributed by atoms with Crippen molar-refractivity contribution < 1.29 is 14.3 Å². The molecule has 0 fully saturated rings. The average Bonchev–Trinajstić information content (AvgIpc) is 2.46. The van der Waals surface area contributed by atoms with E-state index in [4.69, 9.17) is 9.47 Å². The van der Waals surface area contributed by atoms with Gasteiger partial charge in [0.05, 0.1) is 14.2 Å². The van der Waals surface area contributed by atoms with Crippen molar-refractivity contribution >= 4 is 5.78 Å². The first kappa shape index (κ1) is 13.1. The fourth-order valence-electron chi connectivity index (χ4n) is 1.81. The van der Waals surface area contributed by atoms with Gasteiger partial charge in [0.15, 0.2) is 5.78 Å². The minimum Gasteiger partial charge on any atom is -0.497 e. The van der Waals surface area contributed by atoms with E-state index in [1.807, 2.05) is 31.2 Å². The minimum atomic E-state index is -0.0443. The van der Waals surface area contributed by atoms with Gasteiger partial charge in [-0.15, -0.1) is 0 Å². The van der Waals surface area contributed by atoms with E-state index >= 15 is 0 Å². The van der Waals surface area contributed by atoms with Crippen molar-refractivity contribution in [2.45, 2.75) is 6.92 Å². The fourth-order valence-corrected chi connectivity index (χ4v) is 1.81. The molecule has 0 spiro atoms. The third kappa shape index (κ3) is 2.94. The zero-order valence-electron chi connectivity index (χ0n) is 11.3. The van der Waals surface area contributed by atoms with Gasteiger partial charge in [0, 0.05) is 17.2 Å². The van der Waals surface area contributed by atoms with Crippen molar-refractivity contribution in [3.05, 3.63) is 59.2 Å². The van der Waals surface area contributed by atoms with Crippen molar-refractivity contribution in [2.24, 2.45) is 0 Å². The van der Waals surface area contributed by atoms with Crippen LogP contribution in [0.2, 0.25) is 0 Å². The van der Waals surface area contributed by atoms with Crippen LogP contribution in [0, 0.1) is 6.92 Å². The highest BCUT2D eigenvalue weighted by atomic mass is 16.5. The molecule has 19 heavy (non-hydrogen) atoms. The molecule has 0 aliphatic carbocycles. The first-order chi connectivity index (χ1) is 9.13. The molecule has 3 heteroatoms. The van der Waals surface area contributed by atoms with E-state index in [1.165, 1.54) is 0 Å². The third-order valence-electron chi connectivity index (χ3n) is 2.93. The van der Waals surface area contributed by atoms with Gasteiger partial charge in [-0.05, 0) is 19.1 Å². The number of hydrogen-bond acceptors (Lipinski definition) is 3. The Morgan fingerprint density at radius 2 is 1.37 bits per heavy atom. The molecular weight excluding hydrogens is 240 g/mol. The lowest BCUT2D eigenvalue weighted by molar-refractivity contribution is 0.103. The van der Waals surface area contributed by atoms with E-state index in [1.54, 1.807) is 32.4 Å². The summed E-state index contributed by atoms with van der Waals surface area (Å²) in [4.78, 5) is 12.4. The van der Waals surface area contributed by atoms with Gasteiger partial charge in [-0.1, -0.05) is 29.8 Å². The van der Waals surface area contributed by atoms with Gasteiger partial charge in [-0.25, -0.2) is 0 Å². The van der Waals surface area contributed by atoms with Crippen LogP contribution in [0.3, 0.4) is 0 Å². The van der Waals surface area contributed by atoms with Crippen LogP contribution in [0.1, 0.15) is 21.5 Å². The van der Waals surface area contributed by atoms with Gasteiger partial charge >= 0.3 is 0 Å². The molecule has 0 N–H and O–H groups in total. The largest absolute Gasteiger partial charge is 0.497 e. The second-order valence-corrected chi connectivity index (χ2v) is 4.30. The van der Waals surface area contributed by atoms with Crippen LogP contribution in [0.4, 0.5) is 0 Å². The summed E-state index contributed by atoms with van der Waals surface area (Å²) in [6, 6.07) is 12.7. The summed E-state index contributed by atoms with van der Waals surface area (Å²) in [6.07, 6.45) is 0. The van der Waals surface area contributed by atoms with Gasteiger partial charge < -0.3 is 9.47 Å². The van der Waals surface area contributed by atoms with E-state index < -0.39 is 0 Å². The summed E-state index contributed by atoms with van der Waals surface area (Å²) < 4.78 is 10.3. The van der Waals surface area contributed by atoms with E-state index in [0.29, 0.717) is 22.6 Å². The maximum absolute atomic E-state index is 12.4. The van der Waals surface area contributed by atoms with Crippen LogP contribution >= 0.6 is 0 Å². The number of aryl methyl sites for hydroxylation is 1. The highest BCUT2D eigenvalue weighted by Gasteiger charge is 2.11. The first-order valence-electron chi connectivity index (χ1n) is 5.98. The number of ether oxygens (including phenoxy) is 2. The molecule has 0 heterocycles. The van der Waals surface area contributed by atoms with Crippen LogP contribution in [0.15, 0.2) is 42.5 Å². The molecule has 0 bridgehead atoms. The number of benzene rings is 2. The molecule has 2 rings (SSSR count). The van der Waals surface area contributed by atoms with Gasteiger partial charge in [0.1, 0.15) is 11.5 Å². The quantitative estimate of drug-likeness (QED) is 0.788. The van der Waals surface area contributed by atoms with Crippen molar-refractivity contribution in [2.75, 3.05) is 14.2 Å². The Labute approximate surface area is 112 Å². The van der Waals surface area contributed by atoms with Gasteiger partial charge in [-0.3, -0.25) is 4.79 Å². The lowest BCUT2D eigenvalue weighted by Gasteiger charge is -2.08. The summed E-state index contributed by atoms with van der Waals surface area (Å²) in [5.41, 5.74) is 2.33. The molecular formula is C16H16O3. The first-order valence-corrected chi connectivity index (χ1v) is 5.98. The standard InChI is InChI=1S/C16H16O3/c1-11-4-6-12(7-5-11)16(17)13-8-14(18-2)10-15(9-13)19-3/h4-10H,1-3H3. The van der Waals surface area contributed by atoms with Crippen LogP contribution in [-0.2, 0) is 0 Å². The second kappa shape index (κ2) is 5.57. The van der Waals surface area contributed by atoms with Crippen molar-refractivity contribution in [3.8, 4) is 11.5 Å². The summed E-state index contributed by atoms with van der Waals surface area (Å²) in [5.74, 6) is 1.17. The predicted octanol–water partition coefficient (Wildman–Crippen LogP) is 3.24. The summed E-state index contributed by atoms with van der Waals surface area (Å²) >= 11 is 0. The second-order valence-electron chi connectivity index (χ2n) is 4.30. The highest BCUT2D eigenvalue weighted by molar-refractivity contribution is 6.09. The van der Waals surface area contributed by atoms with Crippen molar-refractivity contribution in [1.82, 2.24) is 0 Å². The number of ketones is 1. The fraction of sp³-hybridized carbons (Fsp3) is 0.188. The van der Waals surface area contributed by atoms with E-state index in [0.717, 1.165) is 5.56 Å². The summed E-state index contributed by atoms with van der Waals surface area (Å²) in [5, 5.41) is 0. The molecule has 2 aromatic carbocycles. The maximum Gasteiger partial charge on any atom is 0.193 e. The molecule has 0 amide bonds. The zero-order valence-corrected chi connectivity index (χ0v) is 11.3. The Hall–Kier alpha value is -2.29. The van der Waals surface area contributed by atoms with E-state index in [9.17, 15) is 4.79 Å². The molecule has 3 nitrogen and oxygen atoms in total. The number of methoxy groups -OCH3 is 2. The molecule has 0 saturated carbocycles. The topological polar surface area (TPSA) is 35.5 Å². The molecule has 2 aromatic rings. The lowest BCUT2D eigenvalue weighted by Crippen LogP contribution is -2.02. The molecule has 0 aliphatic heterocycles. The van der Waals surface area contributed by atoms with Crippen molar-refractivity contribution in [1.29, 1.82) is 0 Å². The summed E-state index contributed by atoms with van der Waals surface area (Å²) in [7, 11) is 3.13. The Bertz CT molecular complexity index is 563. The lowest BCUT2D eigenvalue weighted by atomic mass is 10.0. The number of carbonyl (C=O) groups is 1. The van der Waals surface area contributed by atoms with E-state index in [-0.39, 0.29) is 5.78 Å². The molecule has 98 valence electrons. The van der Waals surface area contributed by atoms with Crippen LogP contribution < -0.4 is 9.47 Å². The zero-order chi connectivity index (χ0) is 13.8. The van der Waals surface area contributed by atoms with Gasteiger partial charge in [0.25, 0.3) is 0 Å². The molecule has 0 aromatic heterocycles. The van der Waals surface area contributed by atoms with Crippen molar-refractivity contribution in [3.63, 3.8) is 0 Å². The Morgan fingerprint density at radius 1 is 0.842 bits per heavy atom. The molecule has 0 radical (unpaired) electrons. The molecule has 0 unspecified atom stereocenters. The number of hydrogen-bond donors (Lipinski definition) is 0. The number of carbonyl (C=O) groups excluding carboxylic acids is 1. The average molecular weight is 256 g/mol. The van der Waals surface area contributed by atoms with E-state index in [2.05, 4.69) is 0 Å². The molecule has 0 aliphatic rings. The van der Waals surface area contributed by atoms with Crippen LogP contribution in [0.5, 0.6) is 11.5 Å². The predicted molar refractivity (Wildman–Crippen MR) is 74.2 cm³/mol. The Morgan fingerprint density at radius 3 is 1.84 bits per heavy atom. The maximum atomic E-state index is 12.4. The number of rotatable bonds is 4. The summed E-state index contributed by atoms with van der Waals surface area (Å²) in [6.45, 7) is 1.99. The monoisotopic (exact) mass is 256 g/mol. The van der Waals surface area contributed by atoms with Gasteiger partial charge in [0.2, 0.25) is 0 Å². The third-order valence-corrected chi connectivity index (χ3v) is 2.93. The smallest absolute Gasteiger partial charge is 0.193 e. The van der Waals surface area contributed by atoms with Crippen LogP contribution in [0.25, 0.3) is 0 Å². The van der Waals surface area contributed by atoms with Crippen LogP contribution in [-0.4, -0.2) is 20.0 Å². The molecule has 0 atom stereocenters. The normalized spacial score (nSPS) is 10.1. The SMILES string of the molecule is COc1cc(OC)cc(C(=O)c2ccc(C)cc2)c1. The Kier molecular flexibility index (Phi) is 3.85.